The number of rotatable bonds is 6. The number of benzene rings is 2. The molecule has 29 heavy (non-hydrogen) atoms. The van der Waals surface area contributed by atoms with Crippen LogP contribution in [-0.2, 0) is 11.2 Å². The number of nitrogens with zero attached hydrogens (tertiary/aromatic N) is 1. The molecular weight excluding hydrogens is 382 g/mol. The molecule has 0 saturated heterocycles. The fourth-order valence-electron chi connectivity index (χ4n) is 3.65. The quantitative estimate of drug-likeness (QED) is 0.597. The van der Waals surface area contributed by atoms with Crippen molar-refractivity contribution in [2.45, 2.75) is 19.4 Å². The summed E-state index contributed by atoms with van der Waals surface area (Å²) in [4.78, 5) is 28.2. The molecule has 5 heteroatoms. The van der Waals surface area contributed by atoms with Gasteiger partial charge < -0.3 is 10.0 Å². The number of hydrogen-bond donors (Lipinski definition) is 1. The highest BCUT2D eigenvalue weighted by Gasteiger charge is 2.43. The highest BCUT2D eigenvalue weighted by atomic mass is 32.1. The van der Waals surface area contributed by atoms with E-state index in [4.69, 9.17) is 0 Å². The zero-order valence-electron chi connectivity index (χ0n) is 16.0. The molecule has 1 atom stereocenters. The van der Waals surface area contributed by atoms with Gasteiger partial charge in [0.2, 0.25) is 5.78 Å². The summed E-state index contributed by atoms with van der Waals surface area (Å²) in [5.41, 5.74) is 3.17. The summed E-state index contributed by atoms with van der Waals surface area (Å²) in [7, 11) is 0. The van der Waals surface area contributed by atoms with Crippen molar-refractivity contribution in [1.29, 1.82) is 0 Å². The second-order valence-electron chi connectivity index (χ2n) is 7.12. The number of aliphatic hydroxyl groups excluding tert-OH is 1. The first-order valence-electron chi connectivity index (χ1n) is 9.49. The molecule has 2 heterocycles. The van der Waals surface area contributed by atoms with Crippen LogP contribution in [0.15, 0.2) is 83.4 Å². The molecule has 0 bridgehead atoms. The lowest BCUT2D eigenvalue weighted by molar-refractivity contribution is -0.129. The summed E-state index contributed by atoms with van der Waals surface area (Å²) in [6.45, 7) is 2.40. The molecule has 1 aliphatic rings. The Labute approximate surface area is 173 Å². The summed E-state index contributed by atoms with van der Waals surface area (Å²) in [5, 5.41) is 12.5. The Balaban J connectivity index is 1.71. The third-order valence-electron chi connectivity index (χ3n) is 5.17. The standard InChI is InChI=1S/C24H21NO3S/c1-16-9-11-18(12-10-16)21-20(22(26)19-8-5-15-29-19)23(27)24(28)25(21)14-13-17-6-3-2-4-7-17/h2-12,15,21,27H,13-14H2,1H3. The highest BCUT2D eigenvalue weighted by molar-refractivity contribution is 7.12. The molecule has 0 radical (unpaired) electrons. The Kier molecular flexibility index (Phi) is 5.32. The number of hydrogen-bond acceptors (Lipinski definition) is 4. The molecule has 4 nitrogen and oxygen atoms in total. The first-order valence-corrected chi connectivity index (χ1v) is 10.4. The minimum absolute atomic E-state index is 0.161. The topological polar surface area (TPSA) is 57.6 Å². The maximum absolute atomic E-state index is 13.1. The lowest BCUT2D eigenvalue weighted by Crippen LogP contribution is -2.33. The van der Waals surface area contributed by atoms with Crippen molar-refractivity contribution >= 4 is 23.0 Å². The van der Waals surface area contributed by atoms with Crippen LogP contribution in [0.1, 0.15) is 32.4 Å². The normalized spacial score (nSPS) is 16.5. The van der Waals surface area contributed by atoms with E-state index in [-0.39, 0.29) is 11.4 Å². The SMILES string of the molecule is Cc1ccc(C2C(C(=O)c3cccs3)=C(O)C(=O)N2CCc2ccccc2)cc1. The Morgan fingerprint density at radius 3 is 2.41 bits per heavy atom. The van der Waals surface area contributed by atoms with Gasteiger partial charge in [0, 0.05) is 6.54 Å². The molecule has 2 aromatic carbocycles. The monoisotopic (exact) mass is 403 g/mol. The van der Waals surface area contributed by atoms with Crippen molar-refractivity contribution in [3.63, 3.8) is 0 Å². The van der Waals surface area contributed by atoms with Gasteiger partial charge >= 0.3 is 0 Å². The molecule has 0 saturated carbocycles. The number of aryl methyl sites for hydroxylation is 1. The summed E-state index contributed by atoms with van der Waals surface area (Å²) in [5.74, 6) is -1.23. The number of Topliss-reactive ketones (excluding diaryl/α,β-unsaturated/α-hetero) is 1. The van der Waals surface area contributed by atoms with Crippen molar-refractivity contribution in [2.75, 3.05) is 6.54 Å². The maximum Gasteiger partial charge on any atom is 0.290 e. The number of thiophene rings is 1. The Morgan fingerprint density at radius 2 is 1.76 bits per heavy atom. The van der Waals surface area contributed by atoms with Crippen LogP contribution in [0.5, 0.6) is 0 Å². The molecule has 1 aromatic heterocycles. The van der Waals surface area contributed by atoms with E-state index in [2.05, 4.69) is 0 Å². The molecule has 1 N–H and O–H groups in total. The smallest absolute Gasteiger partial charge is 0.290 e. The zero-order valence-corrected chi connectivity index (χ0v) is 16.9. The van der Waals surface area contributed by atoms with Crippen molar-refractivity contribution < 1.29 is 14.7 Å². The van der Waals surface area contributed by atoms with E-state index in [1.54, 1.807) is 17.0 Å². The minimum atomic E-state index is -0.596. The van der Waals surface area contributed by atoms with Gasteiger partial charge in [0.15, 0.2) is 5.76 Å². The van der Waals surface area contributed by atoms with Crippen molar-refractivity contribution in [3.8, 4) is 0 Å². The third kappa shape index (κ3) is 3.74. The molecule has 0 spiro atoms. The van der Waals surface area contributed by atoms with E-state index in [1.165, 1.54) is 11.3 Å². The van der Waals surface area contributed by atoms with E-state index in [1.807, 2.05) is 66.9 Å². The summed E-state index contributed by atoms with van der Waals surface area (Å²) in [6.07, 6.45) is 0.642. The van der Waals surface area contributed by atoms with Crippen LogP contribution in [0.4, 0.5) is 0 Å². The van der Waals surface area contributed by atoms with Crippen LogP contribution in [0.2, 0.25) is 0 Å². The average molecular weight is 404 g/mol. The lowest BCUT2D eigenvalue weighted by Gasteiger charge is -2.27. The molecular formula is C24H21NO3S. The highest BCUT2D eigenvalue weighted by Crippen LogP contribution is 2.39. The fourth-order valence-corrected chi connectivity index (χ4v) is 4.32. The largest absolute Gasteiger partial charge is 0.503 e. The molecule has 1 amide bonds. The third-order valence-corrected chi connectivity index (χ3v) is 6.04. The van der Waals surface area contributed by atoms with Gasteiger partial charge in [-0.25, -0.2) is 0 Å². The predicted octanol–water partition coefficient (Wildman–Crippen LogP) is 4.88. The Bertz CT molecular complexity index is 1050. The number of aliphatic hydroxyl groups is 1. The number of carbonyl (C=O) groups is 2. The van der Waals surface area contributed by atoms with Gasteiger partial charge in [0.25, 0.3) is 5.91 Å². The average Bonchev–Trinajstić information content (AvgIpc) is 3.36. The Hall–Kier alpha value is -3.18. The second kappa shape index (κ2) is 8.05. The van der Waals surface area contributed by atoms with Crippen LogP contribution < -0.4 is 0 Å². The maximum atomic E-state index is 13.1. The molecule has 3 aromatic rings. The zero-order chi connectivity index (χ0) is 20.4. The lowest BCUT2D eigenvalue weighted by atomic mass is 9.94. The van der Waals surface area contributed by atoms with Crippen LogP contribution >= 0.6 is 11.3 Å². The molecule has 0 fully saturated rings. The number of ketones is 1. The van der Waals surface area contributed by atoms with E-state index in [0.717, 1.165) is 16.7 Å². The minimum Gasteiger partial charge on any atom is -0.503 e. The van der Waals surface area contributed by atoms with Gasteiger partial charge in [0.1, 0.15) is 0 Å². The van der Waals surface area contributed by atoms with Gasteiger partial charge in [0.05, 0.1) is 16.5 Å². The van der Waals surface area contributed by atoms with E-state index in [0.29, 0.717) is 17.8 Å². The van der Waals surface area contributed by atoms with E-state index in [9.17, 15) is 14.7 Å². The molecule has 4 rings (SSSR count). The summed E-state index contributed by atoms with van der Waals surface area (Å²) >= 11 is 1.31. The molecule has 146 valence electrons. The molecule has 0 aliphatic carbocycles. The summed E-state index contributed by atoms with van der Waals surface area (Å²) in [6, 6.07) is 20.5. The molecule has 1 unspecified atom stereocenters. The van der Waals surface area contributed by atoms with Crippen LogP contribution in [0.25, 0.3) is 0 Å². The first kappa shape index (κ1) is 19.2. The van der Waals surface area contributed by atoms with Gasteiger partial charge in [-0.15, -0.1) is 11.3 Å². The molecule has 1 aliphatic heterocycles. The van der Waals surface area contributed by atoms with Crippen molar-refractivity contribution in [1.82, 2.24) is 4.90 Å². The number of amides is 1. The van der Waals surface area contributed by atoms with E-state index >= 15 is 0 Å². The van der Waals surface area contributed by atoms with Gasteiger partial charge in [-0.3, -0.25) is 9.59 Å². The van der Waals surface area contributed by atoms with Gasteiger partial charge in [-0.2, -0.15) is 0 Å². The van der Waals surface area contributed by atoms with Crippen LogP contribution in [-0.4, -0.2) is 28.2 Å². The number of carbonyl (C=O) groups excluding carboxylic acids is 2. The van der Waals surface area contributed by atoms with Crippen molar-refractivity contribution in [2.24, 2.45) is 0 Å². The van der Waals surface area contributed by atoms with Crippen LogP contribution in [0.3, 0.4) is 0 Å². The van der Waals surface area contributed by atoms with E-state index < -0.39 is 17.7 Å². The van der Waals surface area contributed by atoms with Gasteiger partial charge in [-0.05, 0) is 35.9 Å². The van der Waals surface area contributed by atoms with Crippen LogP contribution in [0, 0.1) is 6.92 Å². The van der Waals surface area contributed by atoms with Gasteiger partial charge in [-0.1, -0.05) is 66.2 Å². The van der Waals surface area contributed by atoms with Crippen molar-refractivity contribution in [3.05, 3.63) is 105 Å². The first-order chi connectivity index (χ1) is 14.1. The predicted molar refractivity (Wildman–Crippen MR) is 114 cm³/mol. The Morgan fingerprint density at radius 1 is 1.03 bits per heavy atom. The second-order valence-corrected chi connectivity index (χ2v) is 8.06. The fraction of sp³-hybridized carbons (Fsp3) is 0.167. The summed E-state index contributed by atoms with van der Waals surface area (Å²) < 4.78 is 0.